The van der Waals surface area contributed by atoms with Crippen molar-refractivity contribution in [3.63, 3.8) is 0 Å². The van der Waals surface area contributed by atoms with Gasteiger partial charge in [0.15, 0.2) is 17.5 Å². The Morgan fingerprint density at radius 2 is 1.93 bits per heavy atom. The van der Waals surface area contributed by atoms with Crippen LogP contribution in [0.15, 0.2) is 52.4 Å². The van der Waals surface area contributed by atoms with Gasteiger partial charge in [0.1, 0.15) is 0 Å². The molecule has 152 valence electrons. The van der Waals surface area contributed by atoms with Crippen LogP contribution in [0.25, 0.3) is 0 Å². The predicted molar refractivity (Wildman–Crippen MR) is 110 cm³/mol. The number of anilines is 1. The number of sulfonamides is 1. The van der Waals surface area contributed by atoms with Gasteiger partial charge >= 0.3 is 0 Å². The Morgan fingerprint density at radius 3 is 2.57 bits per heavy atom. The Kier molecular flexibility index (Phi) is 7.65. The number of benzene rings is 2. The van der Waals surface area contributed by atoms with E-state index in [2.05, 4.69) is 15.6 Å². The number of rotatable bonds is 8. The molecule has 4 N–H and O–H groups in total. The fraction of sp³-hybridized carbons (Fsp3) is 0.316. The Labute approximate surface area is 165 Å². The largest absolute Gasteiger partial charge is 0.493 e. The molecular weight excluding hydrogens is 380 g/mol. The summed E-state index contributed by atoms with van der Waals surface area (Å²) in [7, 11) is -2.16. The summed E-state index contributed by atoms with van der Waals surface area (Å²) in [5.41, 5.74) is 1.51. The lowest BCUT2D eigenvalue weighted by Crippen LogP contribution is -2.30. The van der Waals surface area contributed by atoms with Gasteiger partial charge in [-0.05, 0) is 43.7 Å². The minimum atomic E-state index is -3.74. The highest BCUT2D eigenvalue weighted by Gasteiger charge is 2.09. The first-order valence-electron chi connectivity index (χ1n) is 8.85. The van der Waals surface area contributed by atoms with Crippen molar-refractivity contribution >= 4 is 21.7 Å². The number of aliphatic imine (C=N–C) groups is 1. The van der Waals surface area contributed by atoms with Gasteiger partial charge in [0.05, 0.1) is 25.2 Å². The Hall–Kier alpha value is -2.78. The zero-order valence-corrected chi connectivity index (χ0v) is 17.0. The van der Waals surface area contributed by atoms with Crippen LogP contribution in [0, 0.1) is 0 Å². The quantitative estimate of drug-likeness (QED) is 0.458. The van der Waals surface area contributed by atoms with E-state index in [0.717, 1.165) is 11.3 Å². The third kappa shape index (κ3) is 6.14. The number of methoxy groups -OCH3 is 1. The molecule has 0 atom stereocenters. The van der Waals surface area contributed by atoms with Gasteiger partial charge in [0.25, 0.3) is 0 Å². The summed E-state index contributed by atoms with van der Waals surface area (Å²) in [5, 5.41) is 11.5. The fourth-order valence-electron chi connectivity index (χ4n) is 2.46. The molecule has 2 aromatic rings. The second kappa shape index (κ2) is 9.95. The molecule has 0 aromatic heterocycles. The minimum absolute atomic E-state index is 0.0643. The van der Waals surface area contributed by atoms with Crippen molar-refractivity contribution in [1.82, 2.24) is 5.32 Å². The van der Waals surface area contributed by atoms with E-state index in [1.54, 1.807) is 19.2 Å². The van der Waals surface area contributed by atoms with Gasteiger partial charge in [0.2, 0.25) is 10.0 Å². The molecule has 0 saturated heterocycles. The molecule has 0 amide bonds. The normalized spacial score (nSPS) is 11.8. The van der Waals surface area contributed by atoms with Gasteiger partial charge in [-0.15, -0.1) is 0 Å². The van der Waals surface area contributed by atoms with Crippen LogP contribution in [0.2, 0.25) is 0 Å². The first kappa shape index (κ1) is 21.5. The lowest BCUT2D eigenvalue weighted by Gasteiger charge is -2.14. The summed E-state index contributed by atoms with van der Waals surface area (Å²) in [5.74, 6) is 1.83. The standard InChI is InChI=1S/C19H26N4O4S/c1-4-21-19(22-13-14-7-6-8-16(11-14)28(20,24)25)23-15-9-10-17(27-5-2)18(12-15)26-3/h6-12H,4-5,13H2,1-3H3,(H2,20,24,25)(H2,21,22,23). The zero-order chi connectivity index (χ0) is 20.6. The van der Waals surface area contributed by atoms with Crippen molar-refractivity contribution < 1.29 is 17.9 Å². The first-order valence-corrected chi connectivity index (χ1v) is 10.4. The average molecular weight is 407 g/mol. The highest BCUT2D eigenvalue weighted by Crippen LogP contribution is 2.30. The fourth-order valence-corrected chi connectivity index (χ4v) is 3.04. The van der Waals surface area contributed by atoms with Gasteiger partial charge in [-0.2, -0.15) is 0 Å². The molecule has 2 aromatic carbocycles. The molecule has 0 heterocycles. The number of nitrogens with one attached hydrogen (secondary N) is 2. The molecule has 0 aliphatic carbocycles. The van der Waals surface area contributed by atoms with Gasteiger partial charge in [-0.1, -0.05) is 12.1 Å². The first-order chi connectivity index (χ1) is 13.4. The molecule has 0 aliphatic heterocycles. The maximum atomic E-state index is 11.5. The van der Waals surface area contributed by atoms with E-state index in [1.165, 1.54) is 12.1 Å². The van der Waals surface area contributed by atoms with Crippen molar-refractivity contribution in [2.75, 3.05) is 25.6 Å². The molecule has 0 bridgehead atoms. The Bertz CT molecular complexity index is 929. The highest BCUT2D eigenvalue weighted by atomic mass is 32.2. The summed E-state index contributed by atoms with van der Waals surface area (Å²) < 4.78 is 33.9. The van der Waals surface area contributed by atoms with Gasteiger partial charge in [-0.25, -0.2) is 18.5 Å². The van der Waals surface area contributed by atoms with Crippen LogP contribution in [0.4, 0.5) is 5.69 Å². The van der Waals surface area contributed by atoms with Crippen molar-refractivity contribution in [2.45, 2.75) is 25.3 Å². The molecule has 8 nitrogen and oxygen atoms in total. The van der Waals surface area contributed by atoms with E-state index >= 15 is 0 Å². The van der Waals surface area contributed by atoms with E-state index in [9.17, 15) is 8.42 Å². The third-order valence-corrected chi connectivity index (χ3v) is 4.63. The summed E-state index contributed by atoms with van der Waals surface area (Å²) in [6, 6.07) is 11.9. The smallest absolute Gasteiger partial charge is 0.238 e. The van der Waals surface area contributed by atoms with E-state index in [-0.39, 0.29) is 11.4 Å². The molecule has 9 heteroatoms. The molecule has 0 aliphatic rings. The van der Waals surface area contributed by atoms with Crippen LogP contribution in [-0.2, 0) is 16.6 Å². The molecule has 0 radical (unpaired) electrons. The third-order valence-electron chi connectivity index (χ3n) is 3.72. The van der Waals surface area contributed by atoms with Crippen molar-refractivity contribution in [1.29, 1.82) is 0 Å². The minimum Gasteiger partial charge on any atom is -0.493 e. The van der Waals surface area contributed by atoms with E-state index in [0.29, 0.717) is 30.6 Å². The molecule has 28 heavy (non-hydrogen) atoms. The maximum Gasteiger partial charge on any atom is 0.238 e. The van der Waals surface area contributed by atoms with Crippen LogP contribution in [0.3, 0.4) is 0 Å². The number of guanidine groups is 1. The number of nitrogens with zero attached hydrogens (tertiary/aromatic N) is 1. The number of hydrogen-bond acceptors (Lipinski definition) is 5. The van der Waals surface area contributed by atoms with Crippen LogP contribution in [-0.4, -0.2) is 34.6 Å². The maximum absolute atomic E-state index is 11.5. The Morgan fingerprint density at radius 1 is 1.14 bits per heavy atom. The molecule has 2 rings (SSSR count). The monoisotopic (exact) mass is 406 g/mol. The molecule has 0 fully saturated rings. The lowest BCUT2D eigenvalue weighted by molar-refractivity contribution is 0.311. The SMILES string of the molecule is CCNC(=NCc1cccc(S(N)(=O)=O)c1)Nc1ccc(OCC)c(OC)c1. The second-order valence-electron chi connectivity index (χ2n) is 5.81. The number of primary sulfonamides is 1. The molecule has 0 unspecified atom stereocenters. The van der Waals surface area contributed by atoms with E-state index in [4.69, 9.17) is 14.6 Å². The summed E-state index contributed by atoms with van der Waals surface area (Å²) in [4.78, 5) is 4.57. The predicted octanol–water partition coefficient (Wildman–Crippen LogP) is 2.32. The average Bonchev–Trinajstić information content (AvgIpc) is 2.67. The van der Waals surface area contributed by atoms with E-state index < -0.39 is 10.0 Å². The number of hydrogen-bond donors (Lipinski definition) is 3. The highest BCUT2D eigenvalue weighted by molar-refractivity contribution is 7.89. The van der Waals surface area contributed by atoms with Crippen LogP contribution in [0.5, 0.6) is 11.5 Å². The summed E-state index contributed by atoms with van der Waals surface area (Å²) >= 11 is 0. The summed E-state index contributed by atoms with van der Waals surface area (Å²) in [6.45, 7) is 5.36. The number of ether oxygens (including phenoxy) is 2. The van der Waals surface area contributed by atoms with Crippen molar-refractivity contribution in [2.24, 2.45) is 10.1 Å². The topological polar surface area (TPSA) is 115 Å². The molecular formula is C19H26N4O4S. The zero-order valence-electron chi connectivity index (χ0n) is 16.2. The van der Waals surface area contributed by atoms with Gasteiger partial charge in [0, 0.05) is 18.3 Å². The summed E-state index contributed by atoms with van der Waals surface area (Å²) in [6.07, 6.45) is 0. The molecule has 0 saturated carbocycles. The Balaban J connectivity index is 2.19. The van der Waals surface area contributed by atoms with E-state index in [1.807, 2.05) is 32.0 Å². The molecule has 0 spiro atoms. The van der Waals surface area contributed by atoms with Crippen molar-refractivity contribution in [3.8, 4) is 11.5 Å². The van der Waals surface area contributed by atoms with Crippen molar-refractivity contribution in [3.05, 3.63) is 48.0 Å². The lowest BCUT2D eigenvalue weighted by atomic mass is 10.2. The second-order valence-corrected chi connectivity index (χ2v) is 7.37. The van der Waals surface area contributed by atoms with Gasteiger partial charge < -0.3 is 20.1 Å². The van der Waals surface area contributed by atoms with Crippen LogP contribution >= 0.6 is 0 Å². The van der Waals surface area contributed by atoms with Crippen LogP contribution < -0.4 is 25.2 Å². The van der Waals surface area contributed by atoms with Crippen LogP contribution in [0.1, 0.15) is 19.4 Å². The van der Waals surface area contributed by atoms with Gasteiger partial charge in [-0.3, -0.25) is 0 Å². The number of nitrogens with two attached hydrogens (primary N) is 1.